The molecule has 1 aromatic heterocycles. The highest BCUT2D eigenvalue weighted by atomic mass is 32.2. The Morgan fingerprint density at radius 2 is 1.85 bits per heavy atom. The first-order valence-corrected chi connectivity index (χ1v) is 15.2. The van der Waals surface area contributed by atoms with Crippen LogP contribution in [0.2, 0.25) is 0 Å². The molecule has 0 spiro atoms. The zero-order chi connectivity index (χ0) is 28.6. The summed E-state index contributed by atoms with van der Waals surface area (Å²) in [4.78, 5) is 29.4. The van der Waals surface area contributed by atoms with E-state index in [1.807, 2.05) is 6.07 Å². The first-order chi connectivity index (χ1) is 19.9. The van der Waals surface area contributed by atoms with Gasteiger partial charge in [0.1, 0.15) is 17.7 Å². The van der Waals surface area contributed by atoms with Gasteiger partial charge in [0.2, 0.25) is 0 Å². The number of allylic oxidation sites excluding steroid dienone is 2. The quantitative estimate of drug-likeness (QED) is 0.362. The molecule has 10 nitrogen and oxygen atoms in total. The van der Waals surface area contributed by atoms with Crippen molar-refractivity contribution >= 4 is 39.5 Å². The van der Waals surface area contributed by atoms with Gasteiger partial charge < -0.3 is 19.5 Å². The molecule has 2 atom stereocenters. The van der Waals surface area contributed by atoms with Crippen LogP contribution in [0, 0.1) is 11.3 Å². The Kier molecular flexibility index (Phi) is 7.30. The van der Waals surface area contributed by atoms with E-state index in [1.54, 1.807) is 24.5 Å². The van der Waals surface area contributed by atoms with Gasteiger partial charge in [-0.05, 0) is 30.0 Å². The smallest absolute Gasteiger partial charge is 0.413 e. The van der Waals surface area contributed by atoms with Gasteiger partial charge in [0.25, 0.3) is 0 Å². The van der Waals surface area contributed by atoms with E-state index >= 15 is 0 Å². The van der Waals surface area contributed by atoms with Crippen molar-refractivity contribution in [2.75, 3.05) is 48.8 Å². The maximum absolute atomic E-state index is 12.6. The third kappa shape index (κ3) is 4.88. The van der Waals surface area contributed by atoms with Gasteiger partial charge in [-0.15, -0.1) is 0 Å². The second kappa shape index (κ2) is 11.0. The molecule has 4 heterocycles. The van der Waals surface area contributed by atoms with Gasteiger partial charge in [0, 0.05) is 66.7 Å². The van der Waals surface area contributed by atoms with E-state index in [0.717, 1.165) is 35.7 Å². The summed E-state index contributed by atoms with van der Waals surface area (Å²) in [6.07, 6.45) is 8.05. The number of nitrogens with zero attached hydrogens (tertiary/aromatic N) is 7. The fraction of sp³-hybridized carbons (Fsp3) is 0.333. The average molecular weight is 570 g/mol. The zero-order valence-electron chi connectivity index (χ0n) is 22.8. The zero-order valence-corrected chi connectivity index (χ0v) is 23.6. The lowest BCUT2D eigenvalue weighted by Crippen LogP contribution is -2.64. The van der Waals surface area contributed by atoms with Crippen molar-refractivity contribution in [2.24, 2.45) is 0 Å². The van der Waals surface area contributed by atoms with Crippen molar-refractivity contribution in [1.29, 1.82) is 5.26 Å². The molecule has 0 aliphatic carbocycles. The van der Waals surface area contributed by atoms with Crippen LogP contribution in [0.4, 0.5) is 16.3 Å². The predicted octanol–water partition coefficient (Wildman–Crippen LogP) is 3.73. The highest BCUT2D eigenvalue weighted by Crippen LogP contribution is 2.35. The number of fused-ring (bicyclic) bond motifs is 2. The molecule has 1 unspecified atom stereocenters. The van der Waals surface area contributed by atoms with Crippen molar-refractivity contribution in [3.8, 4) is 6.07 Å². The summed E-state index contributed by atoms with van der Waals surface area (Å²) in [5, 5.41) is 22.2. The second-order valence-corrected chi connectivity index (χ2v) is 11.7. The Bertz CT molecular complexity index is 1570. The van der Waals surface area contributed by atoms with Crippen molar-refractivity contribution in [2.45, 2.75) is 30.2 Å². The molecular formula is C30H31N7O3S. The van der Waals surface area contributed by atoms with Crippen molar-refractivity contribution in [3.05, 3.63) is 78.1 Å². The molecule has 210 valence electrons. The maximum Gasteiger partial charge on any atom is 0.413 e. The molecule has 1 N–H and O–H groups in total. The number of hydrogen-bond acceptors (Lipinski definition) is 8. The number of amides is 1. The van der Waals surface area contributed by atoms with Crippen LogP contribution < -0.4 is 9.80 Å². The summed E-state index contributed by atoms with van der Waals surface area (Å²) >= 11 is -1.35. The first kappa shape index (κ1) is 27.1. The minimum absolute atomic E-state index is 0.0199. The number of nitriles is 1. The maximum atomic E-state index is 12.6. The summed E-state index contributed by atoms with van der Waals surface area (Å²) < 4.78 is 12.6. The topological polar surface area (TPSA) is 123 Å². The number of carboxylic acid groups (broad SMARTS) is 1. The first-order valence-electron chi connectivity index (χ1n) is 13.6. The van der Waals surface area contributed by atoms with Gasteiger partial charge >= 0.3 is 11.2 Å². The summed E-state index contributed by atoms with van der Waals surface area (Å²) in [7, 11) is 0. The van der Waals surface area contributed by atoms with E-state index in [-0.39, 0.29) is 6.42 Å². The molecule has 11 heteroatoms. The lowest BCUT2D eigenvalue weighted by Gasteiger charge is -2.49. The van der Waals surface area contributed by atoms with E-state index in [2.05, 4.69) is 57.2 Å². The number of carbonyl (C=O) groups is 1. The van der Waals surface area contributed by atoms with E-state index in [1.165, 1.54) is 21.9 Å². The molecule has 0 bridgehead atoms. The third-order valence-electron chi connectivity index (χ3n) is 8.19. The Morgan fingerprint density at radius 1 is 1.07 bits per heavy atom. The normalized spacial score (nSPS) is 21.5. The molecule has 3 aliphatic heterocycles. The summed E-state index contributed by atoms with van der Waals surface area (Å²) in [5.41, 5.74) is 2.06. The van der Waals surface area contributed by atoms with Gasteiger partial charge in [-0.3, -0.25) is 9.80 Å². The van der Waals surface area contributed by atoms with E-state index in [9.17, 15) is 19.7 Å². The van der Waals surface area contributed by atoms with Crippen LogP contribution in [0.1, 0.15) is 17.7 Å². The van der Waals surface area contributed by atoms with Gasteiger partial charge in [0.05, 0.1) is 24.7 Å². The Morgan fingerprint density at radius 3 is 2.61 bits per heavy atom. The standard InChI is InChI=1S/C30H31N7O3S/c1-41(40)28-32-25-21-35(26-10-6-8-22-7-2-3-9-23(22)26)16-11-24(25)27(33-28)34-17-19-36(20-18-34)30(13-14-31)12-4-5-15-37(30)29(38)39/h2-10,12,15H,11,13,16-21H2,1H3,(H,38,39)/t30-,41?/m1/s1. The number of aromatic nitrogens is 2. The lowest BCUT2D eigenvalue weighted by molar-refractivity contribution is 0.0118. The predicted molar refractivity (Wildman–Crippen MR) is 158 cm³/mol. The van der Waals surface area contributed by atoms with E-state index < -0.39 is 22.9 Å². The minimum atomic E-state index is -1.35. The summed E-state index contributed by atoms with van der Waals surface area (Å²) in [5.74, 6) is 0.806. The molecule has 0 radical (unpaired) electrons. The largest absolute Gasteiger partial charge is 0.609 e. The second-order valence-electron chi connectivity index (χ2n) is 10.4. The molecule has 3 aromatic rings. The van der Waals surface area contributed by atoms with Gasteiger partial charge in [-0.1, -0.05) is 42.5 Å². The van der Waals surface area contributed by atoms with Gasteiger partial charge in [0.15, 0.2) is 0 Å². The van der Waals surface area contributed by atoms with Crippen LogP contribution in [0.15, 0.2) is 72.0 Å². The van der Waals surface area contributed by atoms with E-state index in [4.69, 9.17) is 9.97 Å². The summed E-state index contributed by atoms with van der Waals surface area (Å²) in [6.45, 7) is 3.65. The van der Waals surface area contributed by atoms with Crippen LogP contribution in [0.5, 0.6) is 0 Å². The number of rotatable bonds is 5. The van der Waals surface area contributed by atoms with Crippen LogP contribution in [-0.2, 0) is 24.1 Å². The van der Waals surface area contributed by atoms with Gasteiger partial charge in [-0.25, -0.2) is 4.79 Å². The molecule has 1 saturated heterocycles. The Labute approximate surface area is 242 Å². The molecule has 2 aromatic carbocycles. The number of hydrogen-bond donors (Lipinski definition) is 1. The highest BCUT2D eigenvalue weighted by molar-refractivity contribution is 7.90. The highest BCUT2D eigenvalue weighted by Gasteiger charge is 2.44. The molecule has 1 amide bonds. The lowest BCUT2D eigenvalue weighted by atomic mass is 9.98. The number of benzene rings is 2. The molecule has 6 rings (SSSR count). The molecular weight excluding hydrogens is 538 g/mol. The fourth-order valence-electron chi connectivity index (χ4n) is 6.19. The van der Waals surface area contributed by atoms with Crippen molar-refractivity contribution < 1.29 is 14.5 Å². The number of piperazine rings is 1. The van der Waals surface area contributed by atoms with Crippen LogP contribution >= 0.6 is 0 Å². The van der Waals surface area contributed by atoms with E-state index in [0.29, 0.717) is 37.9 Å². The Balaban J connectivity index is 1.28. The fourth-order valence-corrected chi connectivity index (χ4v) is 6.64. The molecule has 1 fully saturated rings. The molecule has 41 heavy (non-hydrogen) atoms. The van der Waals surface area contributed by atoms with Crippen LogP contribution in [0.25, 0.3) is 10.8 Å². The third-order valence-corrected chi connectivity index (χ3v) is 8.88. The van der Waals surface area contributed by atoms with Crippen LogP contribution in [0.3, 0.4) is 0 Å². The average Bonchev–Trinajstić information content (AvgIpc) is 3.00. The minimum Gasteiger partial charge on any atom is -0.609 e. The Hall–Kier alpha value is -4.11. The monoisotopic (exact) mass is 569 g/mol. The molecule has 3 aliphatic rings. The van der Waals surface area contributed by atoms with Crippen molar-refractivity contribution in [3.63, 3.8) is 0 Å². The molecule has 0 saturated carbocycles. The van der Waals surface area contributed by atoms with Crippen molar-refractivity contribution in [1.82, 2.24) is 19.8 Å². The number of anilines is 2. The SMILES string of the molecule is C[S+]([O-])c1nc2c(c(N3CCN([C@]4(CC#N)C=CC=CN4C(=O)O)CC3)n1)CCN(c1cccc3ccccc13)C2. The van der Waals surface area contributed by atoms with Gasteiger partial charge in [-0.2, -0.15) is 15.2 Å². The summed E-state index contributed by atoms with van der Waals surface area (Å²) in [6, 6.07) is 16.9. The van der Waals surface area contributed by atoms with Crippen LogP contribution in [-0.4, -0.2) is 80.2 Å².